The minimum absolute atomic E-state index is 0.0651. The fourth-order valence-corrected chi connectivity index (χ4v) is 12.3. The first kappa shape index (κ1) is 56.0. The van der Waals surface area contributed by atoms with Crippen molar-refractivity contribution in [3.05, 3.63) is 0 Å². The average Bonchev–Trinajstić information content (AvgIpc) is 3.52. The van der Waals surface area contributed by atoms with Crippen molar-refractivity contribution >= 4 is 94.8 Å². The molecule has 4 atom stereocenters. The highest BCUT2D eigenvalue weighted by molar-refractivity contribution is 7.80. The van der Waals surface area contributed by atoms with Crippen LogP contribution in [0.25, 0.3) is 0 Å². The van der Waals surface area contributed by atoms with Crippen LogP contribution < -0.4 is 10.6 Å². The number of imide groups is 2. The lowest BCUT2D eigenvalue weighted by atomic mass is 9.99. The highest BCUT2D eigenvalue weighted by Gasteiger charge is 2.57. The van der Waals surface area contributed by atoms with E-state index in [0.717, 1.165) is 32.1 Å². The van der Waals surface area contributed by atoms with Crippen LogP contribution in [0.4, 0.5) is 0 Å². The molecule has 63 heavy (non-hydrogen) atoms. The molecule has 1 saturated carbocycles. The maximum absolute atomic E-state index is 13.2. The van der Waals surface area contributed by atoms with Gasteiger partial charge in [-0.3, -0.25) is 38.6 Å². The Labute approximate surface area is 400 Å². The Morgan fingerprint density at radius 1 is 0.476 bits per heavy atom. The van der Waals surface area contributed by atoms with Crippen LogP contribution in [0.2, 0.25) is 6.04 Å². The number of hydrogen-bond acceptors (Lipinski definition) is 14. The minimum Gasteiger partial charge on any atom is -0.370 e. The number of nitrogens with zero attached hydrogens (tertiary/aromatic N) is 3. The number of thiol groups is 4. The van der Waals surface area contributed by atoms with Gasteiger partial charge in [0.25, 0.3) is 0 Å². The van der Waals surface area contributed by atoms with Crippen LogP contribution in [-0.2, 0) is 42.0 Å². The van der Waals surface area contributed by atoms with Crippen molar-refractivity contribution in [3.63, 3.8) is 0 Å². The van der Waals surface area contributed by atoms with Crippen molar-refractivity contribution < 1.29 is 42.0 Å². The first-order valence-electron chi connectivity index (χ1n) is 23.9. The van der Waals surface area contributed by atoms with Crippen molar-refractivity contribution in [1.82, 2.24) is 25.3 Å². The molecule has 4 unspecified atom stereocenters. The van der Waals surface area contributed by atoms with E-state index in [1.54, 1.807) is 0 Å². The Hall–Kier alpha value is -1.32. The van der Waals surface area contributed by atoms with Gasteiger partial charge in [0.2, 0.25) is 35.4 Å². The van der Waals surface area contributed by atoms with Gasteiger partial charge >= 0.3 is 8.80 Å². The lowest BCUT2D eigenvalue weighted by Gasteiger charge is -2.34. The second kappa shape index (κ2) is 33.2. The number of hydrogen-bond donors (Lipinski definition) is 6. The first-order valence-corrected chi connectivity index (χ1v) is 28.4. The van der Waals surface area contributed by atoms with Crippen molar-refractivity contribution in [1.29, 1.82) is 0 Å². The molecule has 2 N–H and O–H groups in total. The fourth-order valence-electron chi connectivity index (χ4n) is 8.41. The summed E-state index contributed by atoms with van der Waals surface area (Å²) in [6.07, 6.45) is 18.4. The van der Waals surface area contributed by atoms with E-state index < -0.39 is 8.80 Å². The molecule has 3 rings (SSSR count). The van der Waals surface area contributed by atoms with Gasteiger partial charge in [-0.05, 0) is 74.5 Å². The summed E-state index contributed by atoms with van der Waals surface area (Å²) in [7, 11) is -2.93. The average molecular weight is 978 g/mol. The monoisotopic (exact) mass is 977 g/mol. The summed E-state index contributed by atoms with van der Waals surface area (Å²) in [5.74, 6) is 0.592. The van der Waals surface area contributed by atoms with Gasteiger partial charge in [0.1, 0.15) is 0 Å². The lowest BCUT2D eigenvalue weighted by Crippen LogP contribution is -2.49. The standard InChI is InChI=1S/C44H79N5O9S4Si/c50-39(45-23-28-48(41(52)17-10-30-59)42(53)18-11-31-60)21-26-47(27-22-40(51)46-24-29-49(43(54)19-12-32-61)44(55)20-13-33-62)25-14-34-63-56-36-15-8-6-4-2-1-3-5-7-9-16-37(57-63)38(35-36)58-63/h36-38,59-62H,1-35H2,(H,45,50)(H,46,51). The molecule has 0 aromatic heterocycles. The normalized spacial score (nSPS) is 21.6. The predicted octanol–water partition coefficient (Wildman–Crippen LogP) is 6.06. The molecule has 6 amide bonds. The third kappa shape index (κ3) is 22.4. The largest absolute Gasteiger partial charge is 0.501 e. The van der Waals surface area contributed by atoms with E-state index in [1.807, 2.05) is 0 Å². The summed E-state index contributed by atoms with van der Waals surface area (Å²) in [5.41, 5.74) is 0. The van der Waals surface area contributed by atoms with Gasteiger partial charge in [0, 0.05) is 90.3 Å². The number of amides is 6. The third-order valence-electron chi connectivity index (χ3n) is 11.9. The summed E-state index contributed by atoms with van der Waals surface area (Å²) in [4.78, 5) is 82.2. The summed E-state index contributed by atoms with van der Waals surface area (Å²) < 4.78 is 20.3. The van der Waals surface area contributed by atoms with Gasteiger partial charge < -0.3 is 28.8 Å². The van der Waals surface area contributed by atoms with E-state index in [0.29, 0.717) is 80.8 Å². The minimum atomic E-state index is -2.93. The molecule has 0 aromatic rings. The molecule has 3 bridgehead atoms. The number of fused-ring (bicyclic) bond motifs is 2. The van der Waals surface area contributed by atoms with E-state index in [-0.39, 0.29) is 118 Å². The molecule has 2 heterocycles. The van der Waals surface area contributed by atoms with E-state index in [1.165, 1.54) is 54.7 Å². The van der Waals surface area contributed by atoms with Gasteiger partial charge in [0.15, 0.2) is 0 Å². The third-order valence-corrected chi connectivity index (χ3v) is 16.2. The summed E-state index contributed by atoms with van der Waals surface area (Å²) >= 11 is 16.8. The maximum Gasteiger partial charge on any atom is 0.501 e. The molecular formula is C44H79N5O9S4Si. The summed E-state index contributed by atoms with van der Waals surface area (Å²) in [6, 6.07) is 0.655. The van der Waals surface area contributed by atoms with E-state index in [9.17, 15) is 28.8 Å². The smallest absolute Gasteiger partial charge is 0.370 e. The van der Waals surface area contributed by atoms with Crippen LogP contribution in [0.15, 0.2) is 0 Å². The molecule has 14 nitrogen and oxygen atoms in total. The van der Waals surface area contributed by atoms with E-state index >= 15 is 0 Å². The molecule has 362 valence electrons. The van der Waals surface area contributed by atoms with Crippen molar-refractivity contribution in [2.24, 2.45) is 0 Å². The maximum atomic E-state index is 13.2. The molecule has 19 heteroatoms. The second-order valence-corrected chi connectivity index (χ2v) is 21.4. The van der Waals surface area contributed by atoms with Crippen molar-refractivity contribution in [2.45, 2.75) is 172 Å². The molecule has 0 radical (unpaired) electrons. The summed E-state index contributed by atoms with van der Waals surface area (Å²) in [5, 5.41) is 5.76. The van der Waals surface area contributed by atoms with Gasteiger partial charge in [-0.2, -0.15) is 50.5 Å². The van der Waals surface area contributed by atoms with Crippen LogP contribution in [0.5, 0.6) is 0 Å². The molecule has 1 aliphatic carbocycles. The quantitative estimate of drug-likeness (QED) is 0.0402. The predicted molar refractivity (Wildman–Crippen MR) is 263 cm³/mol. The van der Waals surface area contributed by atoms with Crippen LogP contribution in [0.3, 0.4) is 0 Å². The number of nitrogens with one attached hydrogen (secondary N) is 2. The Balaban J connectivity index is 1.62. The summed E-state index contributed by atoms with van der Waals surface area (Å²) in [6.45, 7) is 1.78. The highest BCUT2D eigenvalue weighted by Crippen LogP contribution is 2.41. The molecular weight excluding hydrogens is 899 g/mol. The zero-order valence-corrected chi connectivity index (χ0v) is 42.4. The van der Waals surface area contributed by atoms with Gasteiger partial charge in [0.05, 0.1) is 18.3 Å². The lowest BCUT2D eigenvalue weighted by molar-refractivity contribution is -0.146. The zero-order valence-electron chi connectivity index (χ0n) is 37.8. The van der Waals surface area contributed by atoms with Crippen LogP contribution in [0.1, 0.15) is 148 Å². The Kier molecular flexibility index (Phi) is 29.5. The van der Waals surface area contributed by atoms with Gasteiger partial charge in [-0.25, -0.2) is 0 Å². The highest BCUT2D eigenvalue weighted by atomic mass is 32.1. The van der Waals surface area contributed by atoms with E-state index in [2.05, 4.69) is 66.0 Å². The molecule has 3 aliphatic rings. The van der Waals surface area contributed by atoms with Crippen LogP contribution in [-0.4, -0.2) is 146 Å². The van der Waals surface area contributed by atoms with Crippen LogP contribution >= 0.6 is 50.5 Å². The van der Waals surface area contributed by atoms with Crippen LogP contribution in [0, 0.1) is 0 Å². The zero-order chi connectivity index (χ0) is 45.7. The molecule has 2 saturated heterocycles. The van der Waals surface area contributed by atoms with Crippen molar-refractivity contribution in [3.8, 4) is 0 Å². The Morgan fingerprint density at radius 2 is 0.889 bits per heavy atom. The van der Waals surface area contributed by atoms with E-state index in [4.69, 9.17) is 13.3 Å². The number of carbonyl (C=O) groups is 6. The topological polar surface area (TPSA) is 164 Å². The molecule has 3 fully saturated rings. The first-order chi connectivity index (χ1) is 30.5. The fraction of sp³-hybridized carbons (Fsp3) is 0.864. The number of rotatable bonds is 28. The second-order valence-electron chi connectivity index (χ2n) is 17.1. The molecule has 0 aromatic carbocycles. The SMILES string of the molecule is O=C(CCN(CCC[Si]12OC3CCCCCCCCCCCC(O1)C(C3)O2)CCC(=O)NCCN(C(=O)CCCS)C(=O)CCCS)NCCN(C(=O)CCCS)C(=O)CCCS. The van der Waals surface area contributed by atoms with Crippen molar-refractivity contribution in [2.75, 3.05) is 68.8 Å². The Morgan fingerprint density at radius 3 is 1.33 bits per heavy atom. The molecule has 2 aliphatic heterocycles. The van der Waals surface area contributed by atoms with Gasteiger partial charge in [-0.15, -0.1) is 0 Å². The number of carbonyl (C=O) groups excluding carboxylic acids is 6. The Bertz CT molecular complexity index is 1280. The van der Waals surface area contributed by atoms with Gasteiger partial charge in [-0.1, -0.05) is 57.8 Å². The molecule has 0 spiro atoms.